The van der Waals surface area contributed by atoms with Crippen LogP contribution in [0.15, 0.2) is 46.1 Å². The number of carbonyl (C=O) groups excluding carboxylic acids is 1. The summed E-state index contributed by atoms with van der Waals surface area (Å²) in [6.45, 7) is 7.65. The van der Waals surface area contributed by atoms with Crippen LogP contribution in [0, 0.1) is 0 Å². The SMILES string of the molecule is C=CCONc1nc2c(=O)c3cc(CC)ccc3oc2cc1C(=O)OCC. The van der Waals surface area contributed by atoms with Gasteiger partial charge in [-0.05, 0) is 31.0 Å². The Morgan fingerprint density at radius 1 is 1.30 bits per heavy atom. The number of esters is 1. The van der Waals surface area contributed by atoms with Gasteiger partial charge in [-0.1, -0.05) is 19.1 Å². The molecule has 3 aromatic rings. The minimum absolute atomic E-state index is 0.0843. The van der Waals surface area contributed by atoms with Gasteiger partial charge in [0.05, 0.1) is 18.6 Å². The molecule has 140 valence electrons. The number of fused-ring (bicyclic) bond motifs is 2. The van der Waals surface area contributed by atoms with Crippen LogP contribution < -0.4 is 10.9 Å². The molecule has 0 aliphatic rings. The van der Waals surface area contributed by atoms with Crippen molar-refractivity contribution in [3.05, 3.63) is 58.3 Å². The molecule has 0 saturated heterocycles. The first-order chi connectivity index (χ1) is 13.1. The standard InChI is InChI=1S/C20H20N2O5/c1-4-9-26-22-19-14(20(24)25-6-3)11-16-17(21-19)18(23)13-10-12(5-2)7-8-15(13)27-16/h4,7-8,10-11H,1,5-6,9H2,2-3H3,(H,21,22). The van der Waals surface area contributed by atoms with Gasteiger partial charge < -0.3 is 9.15 Å². The van der Waals surface area contributed by atoms with E-state index in [0.29, 0.717) is 11.0 Å². The van der Waals surface area contributed by atoms with Crippen molar-refractivity contribution in [3.63, 3.8) is 0 Å². The maximum atomic E-state index is 12.9. The van der Waals surface area contributed by atoms with Crippen LogP contribution >= 0.6 is 0 Å². The zero-order valence-corrected chi connectivity index (χ0v) is 15.2. The smallest absolute Gasteiger partial charge is 0.342 e. The van der Waals surface area contributed by atoms with Crippen LogP contribution in [0.3, 0.4) is 0 Å². The normalized spacial score (nSPS) is 10.9. The molecule has 0 aliphatic carbocycles. The topological polar surface area (TPSA) is 90.7 Å². The third kappa shape index (κ3) is 3.68. The molecular formula is C20H20N2O5. The zero-order chi connectivity index (χ0) is 19.4. The van der Waals surface area contributed by atoms with Gasteiger partial charge >= 0.3 is 5.97 Å². The van der Waals surface area contributed by atoms with Gasteiger partial charge in [0.15, 0.2) is 16.9 Å². The molecule has 0 radical (unpaired) electrons. The van der Waals surface area contributed by atoms with Crippen LogP contribution in [-0.2, 0) is 16.0 Å². The highest BCUT2D eigenvalue weighted by molar-refractivity contribution is 5.99. The number of aryl methyl sites for hydroxylation is 1. The number of hydrogen-bond acceptors (Lipinski definition) is 7. The van der Waals surface area contributed by atoms with Crippen molar-refractivity contribution < 1.29 is 18.8 Å². The molecule has 0 bridgehead atoms. The second-order valence-electron chi connectivity index (χ2n) is 5.77. The van der Waals surface area contributed by atoms with E-state index in [-0.39, 0.29) is 41.1 Å². The highest BCUT2D eigenvalue weighted by Crippen LogP contribution is 2.24. The van der Waals surface area contributed by atoms with Crippen LogP contribution in [0.2, 0.25) is 0 Å². The summed E-state index contributed by atoms with van der Waals surface area (Å²) in [7, 11) is 0. The number of aromatic nitrogens is 1. The van der Waals surface area contributed by atoms with Crippen molar-refractivity contribution in [2.75, 3.05) is 18.7 Å². The summed E-state index contributed by atoms with van der Waals surface area (Å²) in [5, 5.41) is 0.441. The Balaban J connectivity index is 2.23. The first-order valence-electron chi connectivity index (χ1n) is 8.65. The summed E-state index contributed by atoms with van der Waals surface area (Å²) in [6.07, 6.45) is 2.33. The molecule has 0 atom stereocenters. The number of carbonyl (C=O) groups is 1. The molecule has 0 amide bonds. The maximum absolute atomic E-state index is 12.9. The Morgan fingerprint density at radius 3 is 2.81 bits per heavy atom. The third-order valence-electron chi connectivity index (χ3n) is 3.98. The molecule has 3 rings (SSSR count). The summed E-state index contributed by atoms with van der Waals surface area (Å²) >= 11 is 0. The highest BCUT2D eigenvalue weighted by Gasteiger charge is 2.19. The zero-order valence-electron chi connectivity index (χ0n) is 15.2. The van der Waals surface area contributed by atoms with Crippen molar-refractivity contribution in [2.24, 2.45) is 0 Å². The van der Waals surface area contributed by atoms with E-state index in [4.69, 9.17) is 14.0 Å². The highest BCUT2D eigenvalue weighted by atomic mass is 16.6. The lowest BCUT2D eigenvalue weighted by Gasteiger charge is -2.11. The number of nitrogens with one attached hydrogen (secondary N) is 1. The monoisotopic (exact) mass is 368 g/mol. The van der Waals surface area contributed by atoms with Crippen LogP contribution in [0.1, 0.15) is 29.8 Å². The Hall–Kier alpha value is -3.19. The first kappa shape index (κ1) is 18.6. The molecule has 2 heterocycles. The summed E-state index contributed by atoms with van der Waals surface area (Å²) in [5.74, 6) is -0.512. The molecule has 7 nitrogen and oxygen atoms in total. The average Bonchev–Trinajstić information content (AvgIpc) is 2.68. The van der Waals surface area contributed by atoms with Crippen molar-refractivity contribution in [3.8, 4) is 0 Å². The molecular weight excluding hydrogens is 348 g/mol. The fraction of sp³-hybridized carbons (Fsp3) is 0.250. The van der Waals surface area contributed by atoms with Crippen LogP contribution in [0.5, 0.6) is 0 Å². The number of anilines is 1. The molecule has 2 aromatic heterocycles. The number of nitrogens with zero attached hydrogens (tertiary/aromatic N) is 1. The predicted molar refractivity (Wildman–Crippen MR) is 103 cm³/mol. The minimum Gasteiger partial charge on any atom is -0.462 e. The van der Waals surface area contributed by atoms with Gasteiger partial charge in [0.1, 0.15) is 11.1 Å². The number of benzene rings is 1. The number of ether oxygens (including phenoxy) is 1. The summed E-state index contributed by atoms with van der Waals surface area (Å²) in [4.78, 5) is 34.7. The van der Waals surface area contributed by atoms with Crippen molar-refractivity contribution in [1.82, 2.24) is 4.98 Å². The van der Waals surface area contributed by atoms with Crippen LogP contribution in [-0.4, -0.2) is 24.2 Å². The van der Waals surface area contributed by atoms with E-state index in [9.17, 15) is 9.59 Å². The van der Waals surface area contributed by atoms with Crippen LogP contribution in [0.4, 0.5) is 5.82 Å². The van der Waals surface area contributed by atoms with Gasteiger partial charge in [-0.2, -0.15) is 0 Å². The molecule has 0 fully saturated rings. The Kier molecular flexibility index (Phi) is 5.52. The van der Waals surface area contributed by atoms with E-state index >= 15 is 0 Å². The average molecular weight is 368 g/mol. The van der Waals surface area contributed by atoms with Gasteiger partial charge in [-0.15, -0.1) is 6.58 Å². The van der Waals surface area contributed by atoms with E-state index < -0.39 is 5.97 Å². The van der Waals surface area contributed by atoms with Crippen molar-refractivity contribution in [1.29, 1.82) is 0 Å². The van der Waals surface area contributed by atoms with Gasteiger partial charge in [0.2, 0.25) is 5.43 Å². The quantitative estimate of drug-likeness (QED) is 0.224. The van der Waals surface area contributed by atoms with E-state index in [1.807, 2.05) is 13.0 Å². The molecule has 27 heavy (non-hydrogen) atoms. The van der Waals surface area contributed by atoms with Crippen molar-refractivity contribution >= 4 is 33.9 Å². The Labute approximate surface area is 155 Å². The fourth-order valence-corrected chi connectivity index (χ4v) is 2.66. The Morgan fingerprint density at radius 2 is 2.11 bits per heavy atom. The molecule has 0 aliphatic heterocycles. The summed E-state index contributed by atoms with van der Waals surface area (Å²) < 4.78 is 10.9. The largest absolute Gasteiger partial charge is 0.462 e. The predicted octanol–water partition coefficient (Wildman–Crippen LogP) is 3.61. The van der Waals surface area contributed by atoms with E-state index in [1.54, 1.807) is 19.1 Å². The number of pyridine rings is 1. The lowest BCUT2D eigenvalue weighted by Crippen LogP contribution is -2.14. The number of rotatable bonds is 7. The second-order valence-corrected chi connectivity index (χ2v) is 5.77. The van der Waals surface area contributed by atoms with Gasteiger partial charge in [0, 0.05) is 6.07 Å². The molecule has 7 heteroatoms. The third-order valence-corrected chi connectivity index (χ3v) is 3.98. The molecule has 1 aromatic carbocycles. The van der Waals surface area contributed by atoms with Gasteiger partial charge in [0.25, 0.3) is 0 Å². The van der Waals surface area contributed by atoms with Crippen molar-refractivity contribution in [2.45, 2.75) is 20.3 Å². The molecule has 0 saturated carbocycles. The van der Waals surface area contributed by atoms with E-state index in [1.165, 1.54) is 12.1 Å². The molecule has 0 spiro atoms. The second kappa shape index (κ2) is 8.01. The molecule has 1 N–H and O–H groups in total. The van der Waals surface area contributed by atoms with Gasteiger partial charge in [-0.25, -0.2) is 15.3 Å². The first-order valence-corrected chi connectivity index (χ1v) is 8.65. The molecule has 0 unspecified atom stereocenters. The number of hydrogen-bond donors (Lipinski definition) is 1. The van der Waals surface area contributed by atoms with E-state index in [0.717, 1.165) is 12.0 Å². The van der Waals surface area contributed by atoms with E-state index in [2.05, 4.69) is 17.0 Å². The fourth-order valence-electron chi connectivity index (χ4n) is 2.66. The summed E-state index contributed by atoms with van der Waals surface area (Å²) in [6, 6.07) is 6.88. The lowest BCUT2D eigenvalue weighted by molar-refractivity contribution is 0.0525. The summed E-state index contributed by atoms with van der Waals surface area (Å²) in [5.41, 5.74) is 4.18. The lowest BCUT2D eigenvalue weighted by atomic mass is 10.1. The maximum Gasteiger partial charge on any atom is 0.342 e. The minimum atomic E-state index is -0.597. The Bertz CT molecular complexity index is 1070. The van der Waals surface area contributed by atoms with Crippen LogP contribution in [0.25, 0.3) is 22.1 Å². The van der Waals surface area contributed by atoms with Gasteiger partial charge in [-0.3, -0.25) is 9.63 Å².